The molecule has 0 amide bonds. The molecule has 0 saturated carbocycles. The number of ether oxygens (including phenoxy) is 1. The number of hydrogen-bond donors (Lipinski definition) is 1. The number of benzene rings is 2. The molecule has 0 fully saturated rings. The third-order valence-corrected chi connectivity index (χ3v) is 6.41. The average Bonchev–Trinajstić information content (AvgIpc) is 2.82. The van der Waals surface area contributed by atoms with Crippen LogP contribution < -0.4 is 4.74 Å². The second-order valence-corrected chi connectivity index (χ2v) is 8.12. The van der Waals surface area contributed by atoms with E-state index in [4.69, 9.17) is 4.74 Å². The van der Waals surface area contributed by atoms with Crippen LogP contribution in [0, 0.1) is 0 Å². The molecule has 0 aromatic heterocycles. The number of nitrogens with zero attached hydrogens (tertiary/aromatic N) is 1. The first-order chi connectivity index (χ1) is 13.0. The zero-order chi connectivity index (χ0) is 20.7. The van der Waals surface area contributed by atoms with Gasteiger partial charge in [0.1, 0.15) is 5.75 Å². The lowest BCUT2D eigenvalue weighted by Gasteiger charge is -2.22. The second-order valence-electron chi connectivity index (χ2n) is 6.26. The molecule has 1 atom stereocenters. The highest BCUT2D eigenvalue weighted by Crippen LogP contribution is 2.44. The summed E-state index contributed by atoms with van der Waals surface area (Å²) in [6.45, 7) is -0.180. The number of rotatable bonds is 5. The van der Waals surface area contributed by atoms with Crippen molar-refractivity contribution in [3.05, 3.63) is 59.2 Å². The lowest BCUT2D eigenvalue weighted by atomic mass is 10.0. The fourth-order valence-corrected chi connectivity index (χ4v) is 5.01. The number of halogens is 3. The molecule has 150 valence electrons. The maximum absolute atomic E-state index is 13.0. The molecule has 0 aliphatic carbocycles. The largest absolute Gasteiger partial charge is 0.497 e. The number of sulfonamides is 1. The van der Waals surface area contributed by atoms with Gasteiger partial charge in [-0.2, -0.15) is 17.5 Å². The maximum Gasteiger partial charge on any atom is 0.416 e. The number of carbonyl (C=O) groups is 1. The predicted molar refractivity (Wildman–Crippen MR) is 92.2 cm³/mol. The number of carboxylic acid groups (broad SMARTS) is 1. The fourth-order valence-electron chi connectivity index (χ4n) is 3.14. The average molecular weight is 415 g/mol. The molecule has 0 radical (unpaired) electrons. The van der Waals surface area contributed by atoms with Gasteiger partial charge in [-0.1, -0.05) is 18.2 Å². The molecule has 6 nitrogen and oxygen atoms in total. The smallest absolute Gasteiger partial charge is 0.416 e. The Morgan fingerprint density at radius 2 is 1.82 bits per heavy atom. The first kappa shape index (κ1) is 20.2. The topological polar surface area (TPSA) is 83.9 Å². The van der Waals surface area contributed by atoms with Gasteiger partial charge in [-0.05, 0) is 35.4 Å². The van der Waals surface area contributed by atoms with Crippen molar-refractivity contribution in [3.63, 3.8) is 0 Å². The van der Waals surface area contributed by atoms with Gasteiger partial charge < -0.3 is 9.84 Å². The molecule has 2 aromatic carbocycles. The van der Waals surface area contributed by atoms with Crippen molar-refractivity contribution in [3.8, 4) is 5.75 Å². The third kappa shape index (κ3) is 3.69. The number of carboxylic acids is 1. The first-order valence-corrected chi connectivity index (χ1v) is 9.56. The highest BCUT2D eigenvalue weighted by Gasteiger charge is 2.45. The second kappa shape index (κ2) is 7.10. The molecule has 28 heavy (non-hydrogen) atoms. The molecular weight excluding hydrogens is 399 g/mol. The van der Waals surface area contributed by atoms with Crippen LogP contribution in [-0.2, 0) is 27.5 Å². The minimum absolute atomic E-state index is 0.0453. The van der Waals surface area contributed by atoms with E-state index in [-0.39, 0.29) is 12.1 Å². The van der Waals surface area contributed by atoms with Gasteiger partial charge in [0.25, 0.3) is 0 Å². The Labute approximate surface area is 159 Å². The Bertz CT molecular complexity index is 1000. The van der Waals surface area contributed by atoms with Gasteiger partial charge in [0, 0.05) is 6.54 Å². The van der Waals surface area contributed by atoms with Gasteiger partial charge in [-0.15, -0.1) is 0 Å². The van der Waals surface area contributed by atoms with E-state index < -0.39 is 45.1 Å². The molecule has 3 rings (SSSR count). The number of fused-ring (bicyclic) bond motifs is 1. The monoisotopic (exact) mass is 415 g/mol. The van der Waals surface area contributed by atoms with Crippen molar-refractivity contribution < 1.29 is 36.2 Å². The minimum Gasteiger partial charge on any atom is -0.497 e. The highest BCUT2D eigenvalue weighted by molar-refractivity contribution is 7.89. The van der Waals surface area contributed by atoms with Crippen LogP contribution in [0.1, 0.15) is 29.2 Å². The van der Waals surface area contributed by atoms with Gasteiger partial charge in [0.15, 0.2) is 0 Å². The Kier molecular flexibility index (Phi) is 5.11. The van der Waals surface area contributed by atoms with E-state index in [2.05, 4.69) is 0 Å². The quantitative estimate of drug-likeness (QED) is 0.809. The molecule has 2 aromatic rings. The van der Waals surface area contributed by atoms with E-state index in [1.165, 1.54) is 7.11 Å². The summed E-state index contributed by atoms with van der Waals surface area (Å²) >= 11 is 0. The zero-order valence-corrected chi connectivity index (χ0v) is 15.4. The Morgan fingerprint density at radius 1 is 1.18 bits per heavy atom. The van der Waals surface area contributed by atoms with Gasteiger partial charge in [0.05, 0.1) is 30.0 Å². The summed E-state index contributed by atoms with van der Waals surface area (Å²) in [5.41, 5.74) is -0.511. The highest BCUT2D eigenvalue weighted by atomic mass is 32.2. The maximum atomic E-state index is 13.0. The molecule has 0 unspecified atom stereocenters. The summed E-state index contributed by atoms with van der Waals surface area (Å²) in [5.74, 6) is -0.708. The molecule has 0 saturated heterocycles. The number of methoxy groups -OCH3 is 1. The van der Waals surface area contributed by atoms with Crippen molar-refractivity contribution >= 4 is 16.0 Å². The van der Waals surface area contributed by atoms with Crippen LogP contribution in [0.2, 0.25) is 0 Å². The predicted octanol–water partition coefficient (Wildman–Crippen LogP) is 3.43. The molecule has 0 bridgehead atoms. The Balaban J connectivity index is 2.05. The third-order valence-electron chi connectivity index (χ3n) is 4.50. The normalized spacial score (nSPS) is 18.6. The van der Waals surface area contributed by atoms with E-state index in [0.29, 0.717) is 17.4 Å². The molecular formula is C18H16F3NO5S. The number of hydrogen-bond acceptors (Lipinski definition) is 4. The molecule has 1 heterocycles. The van der Waals surface area contributed by atoms with E-state index in [1.54, 1.807) is 24.3 Å². The van der Waals surface area contributed by atoms with Gasteiger partial charge in [0.2, 0.25) is 10.0 Å². The SMILES string of the molecule is COc1ccc(CN2[C@@H](CC(=O)O)c3ccc(C(F)(F)F)cc3S2(=O)=O)cc1. The molecule has 1 aliphatic rings. The van der Waals surface area contributed by atoms with Crippen molar-refractivity contribution in [2.45, 2.75) is 30.1 Å². The summed E-state index contributed by atoms with van der Waals surface area (Å²) in [5, 5.41) is 9.19. The van der Waals surface area contributed by atoms with Crippen LogP contribution >= 0.6 is 0 Å². The molecule has 1 N–H and O–H groups in total. The number of aliphatic carboxylic acids is 1. The van der Waals surface area contributed by atoms with Crippen molar-refractivity contribution in [1.82, 2.24) is 4.31 Å². The Hall–Kier alpha value is -2.59. The van der Waals surface area contributed by atoms with Crippen LogP contribution in [0.4, 0.5) is 13.2 Å². The summed E-state index contributed by atoms with van der Waals surface area (Å²) < 4.78 is 70.9. The summed E-state index contributed by atoms with van der Waals surface area (Å²) in [6, 6.07) is 7.71. The van der Waals surface area contributed by atoms with Gasteiger partial charge >= 0.3 is 12.1 Å². The van der Waals surface area contributed by atoms with Crippen LogP contribution in [0.3, 0.4) is 0 Å². The first-order valence-electron chi connectivity index (χ1n) is 8.11. The van der Waals surface area contributed by atoms with Crippen LogP contribution in [0.15, 0.2) is 47.4 Å². The van der Waals surface area contributed by atoms with Gasteiger partial charge in [-0.25, -0.2) is 8.42 Å². The molecule has 1 aliphatic heterocycles. The minimum atomic E-state index is -4.71. The lowest BCUT2D eigenvalue weighted by Crippen LogP contribution is -2.29. The van der Waals surface area contributed by atoms with Gasteiger partial charge in [-0.3, -0.25) is 4.79 Å². The van der Waals surface area contributed by atoms with Crippen molar-refractivity contribution in [2.24, 2.45) is 0 Å². The standard InChI is InChI=1S/C18H16F3NO5S/c1-27-13-5-2-11(3-6-13)10-22-15(9-17(23)24)14-7-4-12(18(19,20)21)8-16(14)28(22,25)26/h2-8,15H,9-10H2,1H3,(H,23,24)/t15-/m0/s1. The van der Waals surface area contributed by atoms with Crippen LogP contribution in [-0.4, -0.2) is 30.9 Å². The van der Waals surface area contributed by atoms with E-state index in [0.717, 1.165) is 16.4 Å². The Morgan fingerprint density at radius 3 is 2.36 bits per heavy atom. The lowest BCUT2D eigenvalue weighted by molar-refractivity contribution is -0.139. The molecule has 10 heteroatoms. The molecule has 0 spiro atoms. The van der Waals surface area contributed by atoms with E-state index >= 15 is 0 Å². The summed E-state index contributed by atoms with van der Waals surface area (Å²) in [7, 11) is -2.83. The van der Waals surface area contributed by atoms with E-state index in [9.17, 15) is 31.5 Å². The van der Waals surface area contributed by atoms with Crippen molar-refractivity contribution in [1.29, 1.82) is 0 Å². The van der Waals surface area contributed by atoms with Crippen molar-refractivity contribution in [2.75, 3.05) is 7.11 Å². The summed E-state index contributed by atoms with van der Waals surface area (Å²) in [4.78, 5) is 10.8. The fraction of sp³-hybridized carbons (Fsp3) is 0.278. The number of alkyl halides is 3. The van der Waals surface area contributed by atoms with E-state index in [1.807, 2.05) is 0 Å². The van der Waals surface area contributed by atoms with Crippen LogP contribution in [0.25, 0.3) is 0 Å². The summed E-state index contributed by atoms with van der Waals surface area (Å²) in [6.07, 6.45) is -5.27. The van der Waals surface area contributed by atoms with Crippen LogP contribution in [0.5, 0.6) is 5.75 Å². The zero-order valence-electron chi connectivity index (χ0n) is 14.6.